The maximum Gasteiger partial charge on any atom is 0.0433 e. The lowest BCUT2D eigenvalue weighted by atomic mass is 9.89. The van der Waals surface area contributed by atoms with Crippen molar-refractivity contribution in [3.63, 3.8) is 0 Å². The Labute approximate surface area is 294 Å². The third kappa shape index (κ3) is 9.09. The molecule has 0 heterocycles. The van der Waals surface area contributed by atoms with Gasteiger partial charge in [0.2, 0.25) is 0 Å². The van der Waals surface area contributed by atoms with Gasteiger partial charge in [0.15, 0.2) is 0 Å². The topological polar surface area (TPSA) is 6.48 Å². The summed E-state index contributed by atoms with van der Waals surface area (Å²) in [5.74, 6) is 0.341. The second kappa shape index (κ2) is 15.9. The van der Waals surface area contributed by atoms with Crippen LogP contribution in [0.3, 0.4) is 0 Å². The van der Waals surface area contributed by atoms with Gasteiger partial charge in [-0.05, 0) is 91.8 Å². The Bertz CT molecular complexity index is 1650. The van der Waals surface area contributed by atoms with E-state index in [1.807, 2.05) is 0 Å². The Morgan fingerprint density at radius 2 is 0.592 bits per heavy atom. The van der Waals surface area contributed by atoms with Crippen molar-refractivity contribution >= 4 is 11.4 Å². The van der Waals surface area contributed by atoms with E-state index in [1.165, 1.54) is 67.0 Å². The highest BCUT2D eigenvalue weighted by Gasteiger charge is 2.16. The third-order valence-corrected chi connectivity index (χ3v) is 9.71. The van der Waals surface area contributed by atoms with Crippen LogP contribution in [-0.2, 0) is 26.2 Å². The van der Waals surface area contributed by atoms with E-state index in [1.54, 1.807) is 0 Å². The molecule has 0 radical (unpaired) electrons. The van der Waals surface area contributed by atoms with Crippen LogP contribution < -0.4 is 9.80 Å². The Morgan fingerprint density at radius 3 is 0.816 bits per heavy atom. The fourth-order valence-corrected chi connectivity index (χ4v) is 6.63. The zero-order chi connectivity index (χ0) is 34.2. The molecule has 0 N–H and O–H groups in total. The molecule has 2 heteroatoms. The standard InChI is InChI=1S/C47H50N2/c1-6-47(43-23-27-45(28-24-43)48(31-39-15-7-35(2)8-16-39)32-40-17-9-36(3)10-18-40)44-25-29-46(30-26-44)49(33-41-19-11-37(4)12-20-41)34-42-21-13-38(5)14-22-42/h7-30,47H,6,31-34H2,1-5H3. The van der Waals surface area contributed by atoms with Crippen LogP contribution in [0.5, 0.6) is 0 Å². The van der Waals surface area contributed by atoms with Gasteiger partial charge in [-0.1, -0.05) is 151 Å². The van der Waals surface area contributed by atoms with Crippen molar-refractivity contribution in [2.24, 2.45) is 0 Å². The molecule has 0 atom stereocenters. The molecule has 6 aromatic carbocycles. The zero-order valence-electron chi connectivity index (χ0n) is 29.9. The van der Waals surface area contributed by atoms with Crippen molar-refractivity contribution in [1.82, 2.24) is 0 Å². The van der Waals surface area contributed by atoms with Gasteiger partial charge in [-0.25, -0.2) is 0 Å². The molecular weight excluding hydrogens is 593 g/mol. The normalized spacial score (nSPS) is 11.1. The summed E-state index contributed by atoms with van der Waals surface area (Å²) in [5, 5.41) is 0. The minimum atomic E-state index is 0.341. The van der Waals surface area contributed by atoms with Crippen LogP contribution in [0, 0.1) is 27.7 Å². The highest BCUT2D eigenvalue weighted by Crippen LogP contribution is 2.32. The SMILES string of the molecule is CCC(c1ccc(N(Cc2ccc(C)cc2)Cc2ccc(C)cc2)cc1)c1ccc(N(Cc2ccc(C)cc2)Cc2ccc(C)cc2)cc1. The highest BCUT2D eigenvalue weighted by molar-refractivity contribution is 5.53. The number of hydrogen-bond donors (Lipinski definition) is 0. The minimum absolute atomic E-state index is 0.341. The molecule has 0 aliphatic rings. The van der Waals surface area contributed by atoms with Crippen LogP contribution in [0.4, 0.5) is 11.4 Å². The average Bonchev–Trinajstić information content (AvgIpc) is 3.12. The Balaban J connectivity index is 1.22. The smallest absolute Gasteiger partial charge is 0.0433 e. The maximum atomic E-state index is 2.49. The molecule has 0 aliphatic carbocycles. The second-order valence-electron chi connectivity index (χ2n) is 13.8. The molecule has 6 rings (SSSR count). The molecule has 0 unspecified atom stereocenters. The van der Waals surface area contributed by atoms with E-state index >= 15 is 0 Å². The van der Waals surface area contributed by atoms with Crippen LogP contribution in [0.1, 0.15) is 74.9 Å². The first-order chi connectivity index (χ1) is 23.8. The molecule has 0 aliphatic heterocycles. The van der Waals surface area contributed by atoms with Crippen molar-refractivity contribution in [1.29, 1.82) is 0 Å². The largest absolute Gasteiger partial charge is 0.363 e. The monoisotopic (exact) mass is 642 g/mol. The molecule has 0 spiro atoms. The lowest BCUT2D eigenvalue weighted by Gasteiger charge is -2.27. The number of aryl methyl sites for hydroxylation is 4. The number of anilines is 2. The first-order valence-corrected chi connectivity index (χ1v) is 17.7. The summed E-state index contributed by atoms with van der Waals surface area (Å²) in [4.78, 5) is 4.98. The summed E-state index contributed by atoms with van der Waals surface area (Å²) in [6, 6.07) is 54.4. The van der Waals surface area contributed by atoms with Crippen LogP contribution in [-0.4, -0.2) is 0 Å². The van der Waals surface area contributed by atoms with Crippen molar-refractivity contribution in [2.75, 3.05) is 9.80 Å². The molecule has 0 saturated carbocycles. The summed E-state index contributed by atoms with van der Waals surface area (Å²) in [6.45, 7) is 14.4. The number of rotatable bonds is 13. The van der Waals surface area contributed by atoms with Crippen molar-refractivity contribution in [2.45, 2.75) is 73.1 Å². The Hall–Kier alpha value is -5.08. The predicted molar refractivity (Wildman–Crippen MR) is 210 cm³/mol. The average molecular weight is 643 g/mol. The molecule has 2 nitrogen and oxygen atoms in total. The number of nitrogens with zero attached hydrogens (tertiary/aromatic N) is 2. The van der Waals surface area contributed by atoms with E-state index in [2.05, 4.69) is 190 Å². The van der Waals surface area contributed by atoms with E-state index in [4.69, 9.17) is 0 Å². The van der Waals surface area contributed by atoms with Gasteiger partial charge in [0.1, 0.15) is 0 Å². The Morgan fingerprint density at radius 1 is 0.347 bits per heavy atom. The lowest BCUT2D eigenvalue weighted by molar-refractivity contribution is 0.769. The van der Waals surface area contributed by atoms with Crippen molar-refractivity contribution < 1.29 is 0 Å². The van der Waals surface area contributed by atoms with E-state index in [-0.39, 0.29) is 0 Å². The second-order valence-corrected chi connectivity index (χ2v) is 13.8. The van der Waals surface area contributed by atoms with Gasteiger partial charge in [0.05, 0.1) is 0 Å². The molecule has 0 fully saturated rings. The summed E-state index contributed by atoms with van der Waals surface area (Å²) in [7, 11) is 0. The van der Waals surface area contributed by atoms with E-state index < -0.39 is 0 Å². The predicted octanol–water partition coefficient (Wildman–Crippen LogP) is 11.9. The van der Waals surface area contributed by atoms with Gasteiger partial charge >= 0.3 is 0 Å². The quantitative estimate of drug-likeness (QED) is 0.124. The van der Waals surface area contributed by atoms with Crippen LogP contribution in [0.25, 0.3) is 0 Å². The molecule has 0 saturated heterocycles. The number of benzene rings is 6. The first-order valence-electron chi connectivity index (χ1n) is 17.7. The highest BCUT2D eigenvalue weighted by atomic mass is 15.1. The maximum absolute atomic E-state index is 2.49. The Kier molecular flexibility index (Phi) is 11.0. The van der Waals surface area contributed by atoms with Gasteiger partial charge < -0.3 is 9.80 Å². The van der Waals surface area contributed by atoms with Gasteiger partial charge in [0, 0.05) is 43.5 Å². The lowest BCUT2D eigenvalue weighted by Crippen LogP contribution is -2.22. The van der Waals surface area contributed by atoms with Gasteiger partial charge in [-0.2, -0.15) is 0 Å². The van der Waals surface area contributed by atoms with E-state index in [0.717, 1.165) is 32.6 Å². The zero-order valence-corrected chi connectivity index (χ0v) is 29.9. The van der Waals surface area contributed by atoms with Crippen LogP contribution >= 0.6 is 0 Å². The third-order valence-electron chi connectivity index (χ3n) is 9.71. The molecule has 6 aromatic rings. The molecule has 0 bridgehead atoms. The van der Waals surface area contributed by atoms with Crippen molar-refractivity contribution in [3.8, 4) is 0 Å². The number of hydrogen-bond acceptors (Lipinski definition) is 2. The molecule has 49 heavy (non-hydrogen) atoms. The summed E-state index contributed by atoms with van der Waals surface area (Å²) < 4.78 is 0. The first kappa shape index (κ1) is 33.8. The molecule has 248 valence electrons. The molecule has 0 amide bonds. The summed E-state index contributed by atoms with van der Waals surface area (Å²) in [6.07, 6.45) is 1.05. The molecular formula is C47H50N2. The fraction of sp³-hybridized carbons (Fsp3) is 0.234. The van der Waals surface area contributed by atoms with Crippen molar-refractivity contribution in [3.05, 3.63) is 201 Å². The van der Waals surface area contributed by atoms with Gasteiger partial charge in [-0.3, -0.25) is 0 Å². The summed E-state index contributed by atoms with van der Waals surface area (Å²) >= 11 is 0. The van der Waals surface area contributed by atoms with Crippen LogP contribution in [0.15, 0.2) is 146 Å². The van der Waals surface area contributed by atoms with E-state index in [0.29, 0.717) is 5.92 Å². The summed E-state index contributed by atoms with van der Waals surface area (Å²) in [5.41, 5.74) is 15.7. The van der Waals surface area contributed by atoms with E-state index in [9.17, 15) is 0 Å². The van der Waals surface area contributed by atoms with Gasteiger partial charge in [-0.15, -0.1) is 0 Å². The fourth-order valence-electron chi connectivity index (χ4n) is 6.63. The van der Waals surface area contributed by atoms with Crippen LogP contribution in [0.2, 0.25) is 0 Å². The molecule has 0 aromatic heterocycles. The van der Waals surface area contributed by atoms with Gasteiger partial charge in [0.25, 0.3) is 0 Å². The minimum Gasteiger partial charge on any atom is -0.363 e.